The number of pyridine rings is 1. The van der Waals surface area contributed by atoms with Crippen LogP contribution in [0.15, 0.2) is 12.1 Å². The molecule has 1 aliphatic heterocycles. The van der Waals surface area contributed by atoms with Crippen molar-refractivity contribution in [1.29, 1.82) is 0 Å². The summed E-state index contributed by atoms with van der Waals surface area (Å²) in [5.74, 6) is 0.424. The number of aromatic nitrogens is 1. The fourth-order valence-electron chi connectivity index (χ4n) is 2.76. The molecule has 2 N–H and O–H groups in total. The van der Waals surface area contributed by atoms with E-state index in [1.165, 1.54) is 6.07 Å². The fourth-order valence-corrected chi connectivity index (χ4v) is 2.76. The van der Waals surface area contributed by atoms with Crippen LogP contribution in [0.1, 0.15) is 33.6 Å². The molecular weight excluding hydrogens is 326 g/mol. The van der Waals surface area contributed by atoms with E-state index in [1.54, 1.807) is 11.0 Å². The van der Waals surface area contributed by atoms with Gasteiger partial charge in [0.25, 0.3) is 0 Å². The van der Waals surface area contributed by atoms with Gasteiger partial charge in [-0.25, -0.2) is 9.78 Å². The summed E-state index contributed by atoms with van der Waals surface area (Å²) in [6, 6.07) is 2.96. The molecule has 1 aliphatic rings. The highest BCUT2D eigenvalue weighted by Gasteiger charge is 2.30. The number of amides is 1. The minimum absolute atomic E-state index is 0.0367. The molecular formula is C16H25N5O4. The maximum atomic E-state index is 12.3. The summed E-state index contributed by atoms with van der Waals surface area (Å²) in [5.41, 5.74) is 4.92. The average molecular weight is 351 g/mol. The van der Waals surface area contributed by atoms with Gasteiger partial charge in [-0.3, -0.25) is 10.1 Å². The second kappa shape index (κ2) is 7.12. The van der Waals surface area contributed by atoms with Gasteiger partial charge in [-0.2, -0.15) is 0 Å². The highest BCUT2D eigenvalue weighted by atomic mass is 16.6. The smallest absolute Gasteiger partial charge is 0.410 e. The number of nitro groups is 1. The number of rotatable bonds is 3. The maximum Gasteiger partial charge on any atom is 0.410 e. The van der Waals surface area contributed by atoms with Gasteiger partial charge in [-0.1, -0.05) is 0 Å². The van der Waals surface area contributed by atoms with Crippen LogP contribution >= 0.6 is 0 Å². The molecule has 1 atom stereocenters. The molecule has 1 fully saturated rings. The zero-order valence-electron chi connectivity index (χ0n) is 15.1. The van der Waals surface area contributed by atoms with Crippen molar-refractivity contribution in [2.75, 3.05) is 30.8 Å². The summed E-state index contributed by atoms with van der Waals surface area (Å²) in [5, 5.41) is 10.9. The van der Waals surface area contributed by atoms with Crippen molar-refractivity contribution in [3.05, 3.63) is 22.2 Å². The first kappa shape index (κ1) is 18.8. The van der Waals surface area contributed by atoms with Crippen molar-refractivity contribution in [2.24, 2.45) is 0 Å². The van der Waals surface area contributed by atoms with Crippen LogP contribution in [0.4, 0.5) is 22.1 Å². The largest absolute Gasteiger partial charge is 0.444 e. The molecule has 1 aromatic rings. The third kappa shape index (κ3) is 4.71. The normalized spacial score (nSPS) is 17.9. The first-order chi connectivity index (χ1) is 11.6. The van der Waals surface area contributed by atoms with Crippen molar-refractivity contribution < 1.29 is 14.5 Å². The molecule has 0 aliphatic carbocycles. The van der Waals surface area contributed by atoms with Crippen LogP contribution in [-0.4, -0.2) is 52.7 Å². The molecule has 1 unspecified atom stereocenters. The van der Waals surface area contributed by atoms with E-state index in [2.05, 4.69) is 4.98 Å². The summed E-state index contributed by atoms with van der Waals surface area (Å²) < 4.78 is 5.43. The van der Waals surface area contributed by atoms with Crippen LogP contribution in [-0.2, 0) is 4.74 Å². The van der Waals surface area contributed by atoms with Crippen molar-refractivity contribution in [1.82, 2.24) is 9.88 Å². The summed E-state index contributed by atoms with van der Waals surface area (Å²) in [7, 11) is 1.84. The summed E-state index contributed by atoms with van der Waals surface area (Å²) in [4.78, 5) is 30.3. The van der Waals surface area contributed by atoms with Crippen LogP contribution < -0.4 is 10.6 Å². The van der Waals surface area contributed by atoms with E-state index in [4.69, 9.17) is 10.5 Å². The Morgan fingerprint density at radius 2 is 2.16 bits per heavy atom. The van der Waals surface area contributed by atoms with E-state index in [0.29, 0.717) is 18.9 Å². The Balaban J connectivity index is 2.09. The Labute approximate surface area is 146 Å². The number of piperidine rings is 1. The van der Waals surface area contributed by atoms with E-state index >= 15 is 0 Å². The number of hydrogen-bond acceptors (Lipinski definition) is 7. The fraction of sp³-hybridized carbons (Fsp3) is 0.625. The Hall–Kier alpha value is -2.58. The van der Waals surface area contributed by atoms with Gasteiger partial charge >= 0.3 is 11.8 Å². The van der Waals surface area contributed by atoms with Crippen LogP contribution in [0.25, 0.3) is 0 Å². The molecule has 0 aromatic carbocycles. The van der Waals surface area contributed by atoms with Crippen molar-refractivity contribution in [3.63, 3.8) is 0 Å². The molecule has 1 amide bonds. The van der Waals surface area contributed by atoms with Crippen molar-refractivity contribution >= 4 is 23.4 Å². The zero-order valence-corrected chi connectivity index (χ0v) is 15.1. The maximum absolute atomic E-state index is 12.3. The first-order valence-electron chi connectivity index (χ1n) is 8.20. The van der Waals surface area contributed by atoms with E-state index in [1.807, 2.05) is 32.7 Å². The summed E-state index contributed by atoms with van der Waals surface area (Å²) >= 11 is 0. The second-order valence-electron chi connectivity index (χ2n) is 7.16. The standard InChI is InChI=1S/C16H25N5O4/c1-16(2,3)25-15(22)20-9-5-6-11(10-20)19(4)13-8-7-12(21(23)24)14(17)18-13/h7-8,11H,5-6,9-10H2,1-4H3,(H2,17,18). The van der Waals surface area contributed by atoms with E-state index in [0.717, 1.165) is 12.8 Å². The van der Waals surface area contributed by atoms with Crippen LogP contribution in [0.5, 0.6) is 0 Å². The number of carbonyl (C=O) groups is 1. The Kier molecular flexibility index (Phi) is 5.34. The molecule has 9 nitrogen and oxygen atoms in total. The lowest BCUT2D eigenvalue weighted by Crippen LogP contribution is -2.50. The molecule has 0 spiro atoms. The minimum atomic E-state index is -0.559. The lowest BCUT2D eigenvalue weighted by Gasteiger charge is -2.38. The van der Waals surface area contributed by atoms with Gasteiger partial charge in [-0.05, 0) is 39.7 Å². The van der Waals surface area contributed by atoms with Crippen LogP contribution in [0.2, 0.25) is 0 Å². The van der Waals surface area contributed by atoms with E-state index in [9.17, 15) is 14.9 Å². The van der Waals surface area contributed by atoms with E-state index < -0.39 is 10.5 Å². The van der Waals surface area contributed by atoms with Crippen molar-refractivity contribution in [2.45, 2.75) is 45.3 Å². The van der Waals surface area contributed by atoms with Crippen LogP contribution in [0.3, 0.4) is 0 Å². The van der Waals surface area contributed by atoms with Gasteiger partial charge in [0.15, 0.2) is 0 Å². The highest BCUT2D eigenvalue weighted by molar-refractivity contribution is 5.68. The topological polar surface area (TPSA) is 115 Å². The molecule has 9 heteroatoms. The zero-order chi connectivity index (χ0) is 18.8. The Morgan fingerprint density at radius 3 is 2.72 bits per heavy atom. The molecule has 25 heavy (non-hydrogen) atoms. The number of ether oxygens (including phenoxy) is 1. The first-order valence-corrected chi connectivity index (χ1v) is 8.20. The lowest BCUT2D eigenvalue weighted by molar-refractivity contribution is -0.384. The molecule has 0 saturated carbocycles. The number of hydrogen-bond donors (Lipinski definition) is 1. The van der Waals surface area contributed by atoms with Gasteiger partial charge < -0.3 is 20.3 Å². The monoisotopic (exact) mass is 351 g/mol. The van der Waals surface area contributed by atoms with Gasteiger partial charge in [-0.15, -0.1) is 0 Å². The Morgan fingerprint density at radius 1 is 1.48 bits per heavy atom. The van der Waals surface area contributed by atoms with Gasteiger partial charge in [0.05, 0.1) is 4.92 Å². The minimum Gasteiger partial charge on any atom is -0.444 e. The van der Waals surface area contributed by atoms with Gasteiger partial charge in [0, 0.05) is 32.2 Å². The number of likely N-dealkylation sites (tertiary alicyclic amines) is 1. The third-order valence-corrected chi connectivity index (χ3v) is 4.04. The third-order valence-electron chi connectivity index (χ3n) is 4.04. The molecule has 1 saturated heterocycles. The summed E-state index contributed by atoms with van der Waals surface area (Å²) in [6.45, 7) is 6.66. The number of anilines is 2. The van der Waals surface area contributed by atoms with Crippen molar-refractivity contribution in [3.8, 4) is 0 Å². The molecule has 0 radical (unpaired) electrons. The SMILES string of the molecule is CN(c1ccc([N+](=O)[O-])c(N)n1)C1CCCN(C(=O)OC(C)(C)C)C1. The average Bonchev–Trinajstić information content (AvgIpc) is 2.52. The number of nitrogens with two attached hydrogens (primary N) is 1. The molecule has 1 aromatic heterocycles. The number of likely N-dealkylation sites (N-methyl/N-ethyl adjacent to an activating group) is 1. The van der Waals surface area contributed by atoms with Crippen LogP contribution in [0, 0.1) is 10.1 Å². The molecule has 138 valence electrons. The number of carbonyl (C=O) groups excluding carboxylic acids is 1. The highest BCUT2D eigenvalue weighted by Crippen LogP contribution is 2.26. The predicted molar refractivity (Wildman–Crippen MR) is 94.5 cm³/mol. The quantitative estimate of drug-likeness (QED) is 0.656. The Bertz CT molecular complexity index is 658. The van der Waals surface area contributed by atoms with Gasteiger partial charge in [0.2, 0.25) is 5.82 Å². The van der Waals surface area contributed by atoms with Gasteiger partial charge in [0.1, 0.15) is 11.4 Å². The lowest BCUT2D eigenvalue weighted by atomic mass is 10.0. The molecule has 2 heterocycles. The predicted octanol–water partition coefficient (Wildman–Crippen LogP) is 2.41. The number of nitrogen functional groups attached to an aromatic ring is 1. The number of nitrogens with zero attached hydrogens (tertiary/aromatic N) is 4. The summed E-state index contributed by atoms with van der Waals surface area (Å²) in [6.07, 6.45) is 1.40. The van der Waals surface area contributed by atoms with E-state index in [-0.39, 0.29) is 23.6 Å². The molecule has 2 rings (SSSR count). The molecule has 0 bridgehead atoms. The second-order valence-corrected chi connectivity index (χ2v) is 7.16.